The number of rotatable bonds is 4. The molecule has 0 bridgehead atoms. The highest BCUT2D eigenvalue weighted by Crippen LogP contribution is 2.25. The third-order valence-electron chi connectivity index (χ3n) is 4.31. The van der Waals surface area contributed by atoms with Gasteiger partial charge >= 0.3 is 0 Å². The molecule has 6 heteroatoms. The van der Waals surface area contributed by atoms with E-state index in [0.29, 0.717) is 12.5 Å². The number of carbonyl (C=O) groups is 1. The van der Waals surface area contributed by atoms with Crippen LogP contribution in [0.15, 0.2) is 30.3 Å². The number of nitrogens with one attached hydrogen (secondary N) is 2. The van der Waals surface area contributed by atoms with E-state index >= 15 is 0 Å². The van der Waals surface area contributed by atoms with Gasteiger partial charge in [-0.05, 0) is 40.2 Å². The van der Waals surface area contributed by atoms with E-state index in [4.69, 9.17) is 0 Å². The first-order valence-corrected chi connectivity index (χ1v) is 8.92. The highest BCUT2D eigenvalue weighted by Gasteiger charge is 2.26. The maximum atomic E-state index is 12.2. The number of likely N-dealkylation sites (tertiary alicyclic amines) is 1. The standard InChI is InChI=1S/C19H27N5O/c1-19(2,3)21-16(25)13-24-11-7-10-15(12-24)18-20-17(22-23-18)14-8-5-4-6-9-14/h4-6,8-9,15H,7,10-13H2,1-3H3,(H,21,25)(H,20,22,23)/t15-/m1/s1. The number of amides is 1. The monoisotopic (exact) mass is 341 g/mol. The summed E-state index contributed by atoms with van der Waals surface area (Å²) in [7, 11) is 0. The second-order valence-corrected chi connectivity index (χ2v) is 7.78. The Hall–Kier alpha value is -2.21. The molecule has 2 heterocycles. The lowest BCUT2D eigenvalue weighted by molar-refractivity contribution is -0.123. The number of aromatic amines is 1. The van der Waals surface area contributed by atoms with Crippen LogP contribution < -0.4 is 5.32 Å². The summed E-state index contributed by atoms with van der Waals surface area (Å²) in [6, 6.07) is 9.98. The van der Waals surface area contributed by atoms with Gasteiger partial charge in [-0.25, -0.2) is 4.98 Å². The zero-order valence-corrected chi connectivity index (χ0v) is 15.2. The zero-order valence-electron chi connectivity index (χ0n) is 15.2. The van der Waals surface area contributed by atoms with Crippen LogP contribution in [0.5, 0.6) is 0 Å². The van der Waals surface area contributed by atoms with Crippen LogP contribution in [0.2, 0.25) is 0 Å². The molecule has 1 aliphatic rings. The number of hydrogen-bond acceptors (Lipinski definition) is 4. The number of piperidine rings is 1. The van der Waals surface area contributed by atoms with E-state index in [1.54, 1.807) is 0 Å². The molecule has 25 heavy (non-hydrogen) atoms. The van der Waals surface area contributed by atoms with E-state index in [2.05, 4.69) is 25.4 Å². The lowest BCUT2D eigenvalue weighted by Gasteiger charge is -2.32. The minimum absolute atomic E-state index is 0.0793. The molecule has 1 amide bonds. The molecule has 0 saturated carbocycles. The van der Waals surface area contributed by atoms with Crippen LogP contribution in [-0.2, 0) is 4.79 Å². The van der Waals surface area contributed by atoms with Crippen molar-refractivity contribution < 1.29 is 4.79 Å². The van der Waals surface area contributed by atoms with Crippen molar-refractivity contribution in [1.29, 1.82) is 0 Å². The van der Waals surface area contributed by atoms with Gasteiger partial charge in [-0.15, -0.1) is 0 Å². The van der Waals surface area contributed by atoms with Crippen molar-refractivity contribution >= 4 is 5.91 Å². The maximum Gasteiger partial charge on any atom is 0.234 e. The Balaban J connectivity index is 1.62. The fourth-order valence-corrected chi connectivity index (χ4v) is 3.26. The first kappa shape index (κ1) is 17.6. The van der Waals surface area contributed by atoms with E-state index in [1.165, 1.54) is 0 Å². The number of carbonyl (C=O) groups excluding carboxylic acids is 1. The van der Waals surface area contributed by atoms with Crippen LogP contribution in [0.3, 0.4) is 0 Å². The molecule has 1 saturated heterocycles. The highest BCUT2D eigenvalue weighted by molar-refractivity contribution is 5.78. The Kier molecular flexibility index (Phi) is 5.18. The number of H-pyrrole nitrogens is 1. The summed E-state index contributed by atoms with van der Waals surface area (Å²) >= 11 is 0. The lowest BCUT2D eigenvalue weighted by Crippen LogP contribution is -2.47. The van der Waals surface area contributed by atoms with Gasteiger partial charge in [0.05, 0.1) is 6.54 Å². The summed E-state index contributed by atoms with van der Waals surface area (Å²) in [6.45, 7) is 8.23. The molecule has 1 fully saturated rings. The molecule has 134 valence electrons. The molecule has 0 aliphatic carbocycles. The smallest absolute Gasteiger partial charge is 0.234 e. The van der Waals surface area contributed by atoms with Gasteiger partial charge in [-0.1, -0.05) is 30.3 Å². The minimum Gasteiger partial charge on any atom is -0.350 e. The molecule has 0 unspecified atom stereocenters. The Bertz CT molecular complexity index is 704. The molecule has 1 aromatic heterocycles. The molecule has 3 rings (SSSR count). The predicted octanol–water partition coefficient (Wildman–Crippen LogP) is 2.57. The van der Waals surface area contributed by atoms with Gasteiger partial charge in [0.1, 0.15) is 5.82 Å². The van der Waals surface area contributed by atoms with Crippen molar-refractivity contribution in [3.05, 3.63) is 36.2 Å². The number of benzene rings is 1. The van der Waals surface area contributed by atoms with Crippen LogP contribution in [-0.4, -0.2) is 51.2 Å². The van der Waals surface area contributed by atoms with E-state index in [9.17, 15) is 4.79 Å². The Morgan fingerprint density at radius 1 is 1.32 bits per heavy atom. The van der Waals surface area contributed by atoms with Crippen LogP contribution in [0.1, 0.15) is 45.4 Å². The summed E-state index contributed by atoms with van der Waals surface area (Å²) in [4.78, 5) is 19.1. The normalized spacial score (nSPS) is 18.9. The van der Waals surface area contributed by atoms with Gasteiger partial charge in [-0.3, -0.25) is 14.8 Å². The van der Waals surface area contributed by atoms with Crippen LogP contribution >= 0.6 is 0 Å². The van der Waals surface area contributed by atoms with Crippen LogP contribution in [0, 0.1) is 0 Å². The molecular formula is C19H27N5O. The predicted molar refractivity (Wildman–Crippen MR) is 98.1 cm³/mol. The molecule has 0 spiro atoms. The fourth-order valence-electron chi connectivity index (χ4n) is 3.26. The summed E-state index contributed by atoms with van der Waals surface area (Å²) < 4.78 is 0. The second-order valence-electron chi connectivity index (χ2n) is 7.78. The van der Waals surface area contributed by atoms with Gasteiger partial charge in [0.2, 0.25) is 5.91 Å². The third kappa shape index (κ3) is 4.89. The molecule has 2 aromatic rings. The molecule has 1 aliphatic heterocycles. The first-order valence-electron chi connectivity index (χ1n) is 8.92. The second kappa shape index (κ2) is 7.35. The topological polar surface area (TPSA) is 73.9 Å². The number of nitrogens with zero attached hydrogens (tertiary/aromatic N) is 3. The van der Waals surface area contributed by atoms with E-state index in [0.717, 1.165) is 43.1 Å². The van der Waals surface area contributed by atoms with Crippen molar-refractivity contribution in [2.45, 2.75) is 45.1 Å². The number of hydrogen-bond donors (Lipinski definition) is 2. The molecule has 1 aromatic carbocycles. The van der Waals surface area contributed by atoms with Crippen LogP contribution in [0.25, 0.3) is 11.4 Å². The lowest BCUT2D eigenvalue weighted by atomic mass is 9.97. The van der Waals surface area contributed by atoms with Gasteiger partial charge in [0.15, 0.2) is 5.82 Å². The summed E-state index contributed by atoms with van der Waals surface area (Å²) in [5.41, 5.74) is 0.823. The molecule has 0 radical (unpaired) electrons. The van der Waals surface area contributed by atoms with Gasteiger partial charge in [0.25, 0.3) is 0 Å². The van der Waals surface area contributed by atoms with Crippen molar-refractivity contribution in [2.75, 3.05) is 19.6 Å². The molecule has 1 atom stereocenters. The van der Waals surface area contributed by atoms with Gasteiger partial charge in [-0.2, -0.15) is 5.10 Å². The first-order chi connectivity index (χ1) is 11.9. The van der Waals surface area contributed by atoms with E-state index in [1.807, 2.05) is 51.1 Å². The average molecular weight is 341 g/mol. The summed E-state index contributed by atoms with van der Waals surface area (Å²) in [6.07, 6.45) is 2.13. The van der Waals surface area contributed by atoms with Crippen molar-refractivity contribution in [3.8, 4) is 11.4 Å². The maximum absolute atomic E-state index is 12.2. The highest BCUT2D eigenvalue weighted by atomic mass is 16.2. The zero-order chi connectivity index (χ0) is 17.9. The van der Waals surface area contributed by atoms with Crippen molar-refractivity contribution in [1.82, 2.24) is 25.4 Å². The van der Waals surface area contributed by atoms with E-state index in [-0.39, 0.29) is 11.4 Å². The summed E-state index contributed by atoms with van der Waals surface area (Å²) in [5, 5.41) is 10.5. The SMILES string of the molecule is CC(C)(C)NC(=O)CN1CCC[C@@H](c2nc(-c3ccccc3)n[nH]2)C1. The van der Waals surface area contributed by atoms with Gasteiger partial charge < -0.3 is 5.32 Å². The Morgan fingerprint density at radius 2 is 2.08 bits per heavy atom. The molecular weight excluding hydrogens is 314 g/mol. The average Bonchev–Trinajstić information content (AvgIpc) is 3.04. The van der Waals surface area contributed by atoms with Gasteiger partial charge in [0, 0.05) is 23.6 Å². The van der Waals surface area contributed by atoms with Crippen molar-refractivity contribution in [2.24, 2.45) is 0 Å². The van der Waals surface area contributed by atoms with Crippen molar-refractivity contribution in [3.63, 3.8) is 0 Å². The fraction of sp³-hybridized carbons (Fsp3) is 0.526. The quantitative estimate of drug-likeness (QED) is 0.896. The third-order valence-corrected chi connectivity index (χ3v) is 4.31. The molecule has 6 nitrogen and oxygen atoms in total. The minimum atomic E-state index is -0.193. The van der Waals surface area contributed by atoms with E-state index < -0.39 is 0 Å². The largest absolute Gasteiger partial charge is 0.350 e. The molecule has 2 N–H and O–H groups in total. The Labute approximate surface area is 149 Å². The number of aromatic nitrogens is 3. The van der Waals surface area contributed by atoms with Crippen LogP contribution in [0.4, 0.5) is 0 Å². The summed E-state index contributed by atoms with van der Waals surface area (Å²) in [5.74, 6) is 2.02. The Morgan fingerprint density at radius 3 is 2.80 bits per heavy atom.